The molecule has 6 nitrogen and oxygen atoms in total. The molecule has 0 fully saturated rings. The Balaban J connectivity index is 2.26. The lowest BCUT2D eigenvalue weighted by Gasteiger charge is -2.18. The van der Waals surface area contributed by atoms with Gasteiger partial charge >= 0.3 is 0 Å². The van der Waals surface area contributed by atoms with E-state index in [1.54, 1.807) is 6.33 Å². The molecule has 0 aliphatic heterocycles. The fourth-order valence-corrected chi connectivity index (χ4v) is 2.38. The summed E-state index contributed by atoms with van der Waals surface area (Å²) in [7, 11) is 0. The highest BCUT2D eigenvalue weighted by Crippen LogP contribution is 2.19. The number of hydrogen-bond acceptors (Lipinski definition) is 5. The zero-order chi connectivity index (χ0) is 14.7. The monoisotopic (exact) mass is 274 g/mol. The lowest BCUT2D eigenvalue weighted by Crippen LogP contribution is -2.31. The van der Waals surface area contributed by atoms with E-state index < -0.39 is 0 Å². The molecule has 0 radical (unpaired) electrons. The van der Waals surface area contributed by atoms with Gasteiger partial charge in [0.1, 0.15) is 12.2 Å². The number of rotatable bonds is 5. The summed E-state index contributed by atoms with van der Waals surface area (Å²) in [6.07, 6.45) is 2.28. The minimum absolute atomic E-state index is 0.00269. The maximum atomic E-state index is 5.72. The van der Waals surface area contributed by atoms with Crippen molar-refractivity contribution in [2.75, 3.05) is 0 Å². The standard InChI is InChI=1S/C14H22N6/c1-9(2)20-14(16-8-17-20)7-13(19-15)12-5-10(3)18-11(4)6-12/h5-6,8-9,13,19H,7,15H2,1-4H3. The Morgan fingerprint density at radius 2 is 1.90 bits per heavy atom. The molecule has 108 valence electrons. The predicted octanol–water partition coefficient (Wildman–Crippen LogP) is 1.62. The summed E-state index contributed by atoms with van der Waals surface area (Å²) in [4.78, 5) is 8.73. The first-order valence-corrected chi connectivity index (χ1v) is 6.81. The van der Waals surface area contributed by atoms with Gasteiger partial charge in [0, 0.05) is 23.9 Å². The smallest absolute Gasteiger partial charge is 0.138 e. The van der Waals surface area contributed by atoms with Crippen molar-refractivity contribution in [3.05, 3.63) is 41.2 Å². The first-order chi connectivity index (χ1) is 9.51. The first-order valence-electron chi connectivity index (χ1n) is 6.81. The Kier molecular flexibility index (Phi) is 4.46. The van der Waals surface area contributed by atoms with Crippen LogP contribution in [0.2, 0.25) is 0 Å². The van der Waals surface area contributed by atoms with Crippen LogP contribution in [-0.4, -0.2) is 19.7 Å². The molecule has 20 heavy (non-hydrogen) atoms. The average Bonchev–Trinajstić information content (AvgIpc) is 2.82. The molecule has 0 amide bonds. The van der Waals surface area contributed by atoms with Gasteiger partial charge in [-0.05, 0) is 45.4 Å². The molecule has 6 heteroatoms. The lowest BCUT2D eigenvalue weighted by molar-refractivity contribution is 0.468. The van der Waals surface area contributed by atoms with Gasteiger partial charge in [0.25, 0.3) is 0 Å². The molecule has 0 saturated heterocycles. The van der Waals surface area contributed by atoms with Gasteiger partial charge in [-0.25, -0.2) is 9.67 Å². The zero-order valence-corrected chi connectivity index (χ0v) is 12.5. The molecule has 2 rings (SSSR count). The number of aromatic nitrogens is 4. The molecule has 0 spiro atoms. The normalized spacial score (nSPS) is 12.9. The maximum absolute atomic E-state index is 5.72. The lowest BCUT2D eigenvalue weighted by atomic mass is 10.0. The van der Waals surface area contributed by atoms with E-state index >= 15 is 0 Å². The van der Waals surface area contributed by atoms with Crippen LogP contribution in [0.1, 0.15) is 48.7 Å². The van der Waals surface area contributed by atoms with Gasteiger partial charge in [-0.3, -0.25) is 16.3 Å². The highest BCUT2D eigenvalue weighted by atomic mass is 15.3. The van der Waals surface area contributed by atoms with Crippen LogP contribution in [0, 0.1) is 13.8 Å². The van der Waals surface area contributed by atoms with Crippen molar-refractivity contribution < 1.29 is 0 Å². The molecule has 0 aromatic carbocycles. The number of aryl methyl sites for hydroxylation is 2. The summed E-state index contributed by atoms with van der Waals surface area (Å²) >= 11 is 0. The molecule has 0 saturated carbocycles. The number of nitrogens with two attached hydrogens (primary N) is 1. The van der Waals surface area contributed by atoms with E-state index in [9.17, 15) is 0 Å². The summed E-state index contributed by atoms with van der Waals surface area (Å²) in [5.41, 5.74) is 5.97. The third kappa shape index (κ3) is 3.20. The third-order valence-electron chi connectivity index (χ3n) is 3.23. The Morgan fingerprint density at radius 3 is 2.45 bits per heavy atom. The SMILES string of the molecule is Cc1cc(C(Cc2ncnn2C(C)C)NN)cc(C)n1. The van der Waals surface area contributed by atoms with Crippen LogP contribution in [0.15, 0.2) is 18.5 Å². The van der Waals surface area contributed by atoms with E-state index in [2.05, 4.69) is 34.3 Å². The highest BCUT2D eigenvalue weighted by Gasteiger charge is 2.16. The highest BCUT2D eigenvalue weighted by molar-refractivity contribution is 5.24. The van der Waals surface area contributed by atoms with Crippen LogP contribution in [0.25, 0.3) is 0 Å². The van der Waals surface area contributed by atoms with E-state index in [4.69, 9.17) is 5.84 Å². The van der Waals surface area contributed by atoms with Crippen molar-refractivity contribution in [3.63, 3.8) is 0 Å². The van der Waals surface area contributed by atoms with Crippen LogP contribution in [-0.2, 0) is 6.42 Å². The minimum atomic E-state index is -0.00269. The summed E-state index contributed by atoms with van der Waals surface area (Å²) < 4.78 is 1.92. The Hall–Kier alpha value is -1.79. The molecule has 1 atom stereocenters. The van der Waals surface area contributed by atoms with Crippen LogP contribution in [0.4, 0.5) is 0 Å². The van der Waals surface area contributed by atoms with Crippen molar-refractivity contribution in [2.24, 2.45) is 5.84 Å². The third-order valence-corrected chi connectivity index (χ3v) is 3.23. The Bertz CT molecular complexity index is 555. The van der Waals surface area contributed by atoms with Gasteiger partial charge in [-0.15, -0.1) is 0 Å². The molecule has 0 bridgehead atoms. The van der Waals surface area contributed by atoms with E-state index in [1.807, 2.05) is 30.7 Å². The van der Waals surface area contributed by atoms with E-state index in [1.165, 1.54) is 0 Å². The van der Waals surface area contributed by atoms with Crippen molar-refractivity contribution >= 4 is 0 Å². The van der Waals surface area contributed by atoms with Gasteiger partial charge in [0.15, 0.2) is 0 Å². The number of nitrogens with zero attached hydrogens (tertiary/aromatic N) is 4. The van der Waals surface area contributed by atoms with Crippen molar-refractivity contribution in [1.29, 1.82) is 0 Å². The van der Waals surface area contributed by atoms with Gasteiger partial charge in [0.05, 0.1) is 6.04 Å². The fourth-order valence-electron chi connectivity index (χ4n) is 2.38. The van der Waals surface area contributed by atoms with E-state index in [-0.39, 0.29) is 12.1 Å². The van der Waals surface area contributed by atoms with Crippen LogP contribution in [0.3, 0.4) is 0 Å². The molecule has 2 aromatic heterocycles. The van der Waals surface area contributed by atoms with E-state index in [0.29, 0.717) is 6.42 Å². The second-order valence-electron chi connectivity index (χ2n) is 5.32. The number of nitrogens with one attached hydrogen (secondary N) is 1. The summed E-state index contributed by atoms with van der Waals surface area (Å²) in [5, 5.41) is 4.26. The van der Waals surface area contributed by atoms with Gasteiger partial charge < -0.3 is 0 Å². The quantitative estimate of drug-likeness (QED) is 0.639. The largest absolute Gasteiger partial charge is 0.271 e. The topological polar surface area (TPSA) is 81.7 Å². The van der Waals surface area contributed by atoms with Crippen LogP contribution < -0.4 is 11.3 Å². The van der Waals surface area contributed by atoms with Crippen LogP contribution in [0.5, 0.6) is 0 Å². The number of hydrazine groups is 1. The molecule has 0 aliphatic rings. The van der Waals surface area contributed by atoms with Gasteiger partial charge in [0.2, 0.25) is 0 Å². The predicted molar refractivity (Wildman–Crippen MR) is 77.9 cm³/mol. The minimum Gasteiger partial charge on any atom is -0.271 e. The van der Waals surface area contributed by atoms with Crippen LogP contribution >= 0.6 is 0 Å². The summed E-state index contributed by atoms with van der Waals surface area (Å²) in [5.74, 6) is 6.65. The molecular weight excluding hydrogens is 252 g/mol. The van der Waals surface area contributed by atoms with Gasteiger partial charge in [-0.1, -0.05) is 0 Å². The molecule has 3 N–H and O–H groups in total. The second kappa shape index (κ2) is 6.11. The summed E-state index contributed by atoms with van der Waals surface area (Å²) in [6, 6.07) is 4.38. The van der Waals surface area contributed by atoms with Crippen molar-refractivity contribution in [2.45, 2.75) is 46.2 Å². The molecule has 1 unspecified atom stereocenters. The molecular formula is C14H22N6. The summed E-state index contributed by atoms with van der Waals surface area (Å²) in [6.45, 7) is 8.15. The second-order valence-corrected chi connectivity index (χ2v) is 5.32. The van der Waals surface area contributed by atoms with E-state index in [0.717, 1.165) is 22.8 Å². The number of pyridine rings is 1. The Labute approximate surface area is 119 Å². The Morgan fingerprint density at radius 1 is 1.25 bits per heavy atom. The zero-order valence-electron chi connectivity index (χ0n) is 12.5. The first kappa shape index (κ1) is 14.6. The van der Waals surface area contributed by atoms with Gasteiger partial charge in [-0.2, -0.15) is 5.10 Å². The van der Waals surface area contributed by atoms with Crippen molar-refractivity contribution in [1.82, 2.24) is 25.2 Å². The fraction of sp³-hybridized carbons (Fsp3) is 0.500. The average molecular weight is 274 g/mol. The molecule has 2 heterocycles. The molecule has 2 aromatic rings. The maximum Gasteiger partial charge on any atom is 0.138 e. The van der Waals surface area contributed by atoms with Crippen molar-refractivity contribution in [3.8, 4) is 0 Å². The molecule has 0 aliphatic carbocycles. The number of hydrogen-bond donors (Lipinski definition) is 2.